The molecule has 0 heterocycles. The van der Waals surface area contributed by atoms with Gasteiger partial charge < -0.3 is 15.5 Å². The Kier molecular flexibility index (Phi) is 8.56. The molecule has 0 fully saturated rings. The number of nitrogens with zero attached hydrogens (tertiary/aromatic N) is 2. The van der Waals surface area contributed by atoms with Crippen LogP contribution in [-0.4, -0.2) is 16.6 Å². The maximum atomic E-state index is 10.8. The summed E-state index contributed by atoms with van der Waals surface area (Å²) < 4.78 is 0. The molecular formula is C30H25N3O3. The molecule has 0 spiro atoms. The quantitative estimate of drug-likeness (QED) is 0.318. The normalized spacial score (nSPS) is 11.6. The highest BCUT2D eigenvalue weighted by Crippen LogP contribution is 2.28. The lowest BCUT2D eigenvalue weighted by atomic mass is 9.88. The average Bonchev–Trinajstić information content (AvgIpc) is 2.90. The molecule has 1 atom stereocenters. The number of hydrogen-bond donors (Lipinski definition) is 3. The van der Waals surface area contributed by atoms with E-state index in [0.717, 1.165) is 22.3 Å². The maximum absolute atomic E-state index is 10.8. The van der Waals surface area contributed by atoms with Crippen LogP contribution in [-0.2, 0) is 16.8 Å². The van der Waals surface area contributed by atoms with E-state index in [-0.39, 0.29) is 11.3 Å². The number of benzene rings is 4. The van der Waals surface area contributed by atoms with Gasteiger partial charge in [-0.3, -0.25) is 4.79 Å². The van der Waals surface area contributed by atoms with Crippen LogP contribution in [0, 0.1) is 22.7 Å². The summed E-state index contributed by atoms with van der Waals surface area (Å²) in [7, 11) is 0. The summed E-state index contributed by atoms with van der Waals surface area (Å²) in [5.41, 5.74) is 4.52. The molecule has 3 N–H and O–H groups in total. The van der Waals surface area contributed by atoms with Crippen LogP contribution < -0.4 is 5.32 Å². The second kappa shape index (κ2) is 12.0. The van der Waals surface area contributed by atoms with E-state index in [2.05, 4.69) is 17.5 Å². The molecule has 0 saturated carbocycles. The molecule has 0 saturated heterocycles. The Bertz CT molecular complexity index is 1400. The minimum atomic E-state index is -0.912. The van der Waals surface area contributed by atoms with E-state index in [0.29, 0.717) is 24.1 Å². The number of carbonyl (C=O) groups is 1. The molecule has 0 aliphatic heterocycles. The minimum Gasteiger partial charge on any atom is -0.506 e. The minimum absolute atomic E-state index is 0.135. The van der Waals surface area contributed by atoms with Gasteiger partial charge in [0.2, 0.25) is 6.41 Å². The van der Waals surface area contributed by atoms with Crippen LogP contribution in [0.25, 0.3) is 11.1 Å². The van der Waals surface area contributed by atoms with Crippen LogP contribution in [0.15, 0.2) is 97.1 Å². The number of rotatable bonds is 6. The molecule has 0 aliphatic carbocycles. The molecule has 4 aromatic rings. The smallest absolute Gasteiger partial charge is 0.211 e. The number of aliphatic hydroxyl groups is 1. The predicted octanol–water partition coefficient (Wildman–Crippen LogP) is 5.51. The monoisotopic (exact) mass is 475 g/mol. The van der Waals surface area contributed by atoms with Gasteiger partial charge in [0.15, 0.2) is 0 Å². The van der Waals surface area contributed by atoms with E-state index in [1.54, 1.807) is 6.07 Å². The number of nitrogens with one attached hydrogen (secondary N) is 1. The summed E-state index contributed by atoms with van der Waals surface area (Å²) in [4.78, 5) is 9.98. The number of hydrogen-bond acceptors (Lipinski definition) is 5. The summed E-state index contributed by atoms with van der Waals surface area (Å²) in [5.74, 6) is -0.135. The predicted molar refractivity (Wildman–Crippen MR) is 139 cm³/mol. The fraction of sp³-hybridized carbons (Fsp3) is 0.100. The van der Waals surface area contributed by atoms with Crippen molar-refractivity contribution < 1.29 is 15.0 Å². The molecular weight excluding hydrogens is 450 g/mol. The molecule has 4 rings (SSSR count). The fourth-order valence-corrected chi connectivity index (χ4v) is 3.68. The molecule has 178 valence electrons. The third kappa shape index (κ3) is 6.80. The van der Waals surface area contributed by atoms with Gasteiger partial charge in [0.25, 0.3) is 0 Å². The summed E-state index contributed by atoms with van der Waals surface area (Å²) in [6.07, 6.45) is 1.04. The number of nitriles is 2. The van der Waals surface area contributed by atoms with Gasteiger partial charge in [-0.1, -0.05) is 66.7 Å². The number of amides is 1. The molecule has 36 heavy (non-hydrogen) atoms. The highest BCUT2D eigenvalue weighted by atomic mass is 16.3. The number of phenols is 1. The van der Waals surface area contributed by atoms with E-state index in [4.69, 9.17) is 15.6 Å². The van der Waals surface area contributed by atoms with Crippen molar-refractivity contribution in [1.82, 2.24) is 0 Å². The van der Waals surface area contributed by atoms with Crippen molar-refractivity contribution in [1.29, 1.82) is 10.5 Å². The number of carbonyl (C=O) groups excluding carboxylic acids is 1. The summed E-state index contributed by atoms with van der Waals surface area (Å²) >= 11 is 0. The van der Waals surface area contributed by atoms with Crippen molar-refractivity contribution in [2.75, 3.05) is 5.32 Å². The SMILES string of the molecule is CC(O)(Cc1cccc(-c2ccc(C#N)cc2)c1)c1ccccc1.N#Cc1ccc(NC=O)cc1O. The van der Waals surface area contributed by atoms with Crippen molar-refractivity contribution in [2.45, 2.75) is 18.9 Å². The zero-order valence-corrected chi connectivity index (χ0v) is 19.7. The molecule has 1 unspecified atom stereocenters. The van der Waals surface area contributed by atoms with Crippen molar-refractivity contribution in [2.24, 2.45) is 0 Å². The van der Waals surface area contributed by atoms with Gasteiger partial charge in [-0.05, 0) is 53.4 Å². The van der Waals surface area contributed by atoms with Crippen LogP contribution in [0.1, 0.15) is 29.2 Å². The van der Waals surface area contributed by atoms with Crippen LogP contribution >= 0.6 is 0 Å². The highest BCUT2D eigenvalue weighted by Gasteiger charge is 2.23. The van der Waals surface area contributed by atoms with Gasteiger partial charge in [-0.15, -0.1) is 0 Å². The molecule has 0 aromatic heterocycles. The molecule has 6 heteroatoms. The van der Waals surface area contributed by atoms with E-state index in [9.17, 15) is 9.90 Å². The number of anilines is 1. The van der Waals surface area contributed by atoms with Crippen LogP contribution in [0.2, 0.25) is 0 Å². The van der Waals surface area contributed by atoms with E-state index in [1.807, 2.05) is 79.7 Å². The lowest BCUT2D eigenvalue weighted by molar-refractivity contribution is -0.105. The van der Waals surface area contributed by atoms with E-state index < -0.39 is 5.60 Å². The van der Waals surface area contributed by atoms with Gasteiger partial charge in [-0.2, -0.15) is 10.5 Å². The highest BCUT2D eigenvalue weighted by molar-refractivity contribution is 5.72. The maximum Gasteiger partial charge on any atom is 0.211 e. The number of aromatic hydroxyl groups is 1. The Morgan fingerprint density at radius 1 is 0.861 bits per heavy atom. The van der Waals surface area contributed by atoms with Crippen LogP contribution in [0.3, 0.4) is 0 Å². The van der Waals surface area contributed by atoms with Crippen LogP contribution in [0.5, 0.6) is 5.75 Å². The van der Waals surface area contributed by atoms with Gasteiger partial charge >= 0.3 is 0 Å². The van der Waals surface area contributed by atoms with Crippen molar-refractivity contribution in [3.05, 3.63) is 119 Å². The standard InChI is InChI=1S/C22H19NO.C8H6N2O2/c1-22(24,21-8-3-2-4-9-21)15-18-6-5-7-20(14-18)19-12-10-17(16-23)11-13-19;9-4-6-1-2-7(10-5-11)3-8(6)12/h2-14,24H,15H2,1H3;1-3,5,12H,(H,10,11). The molecule has 0 radical (unpaired) electrons. The zero-order chi connectivity index (χ0) is 26.0. The summed E-state index contributed by atoms with van der Waals surface area (Å²) in [5, 5.41) is 39.7. The first-order chi connectivity index (χ1) is 17.4. The van der Waals surface area contributed by atoms with E-state index >= 15 is 0 Å². The molecule has 1 amide bonds. The average molecular weight is 476 g/mol. The Morgan fingerprint density at radius 2 is 1.58 bits per heavy atom. The van der Waals surface area contributed by atoms with Crippen molar-refractivity contribution >= 4 is 12.1 Å². The second-order valence-corrected chi connectivity index (χ2v) is 8.31. The first-order valence-corrected chi connectivity index (χ1v) is 11.2. The van der Waals surface area contributed by atoms with Gasteiger partial charge in [0.05, 0.1) is 22.8 Å². The Labute approximate surface area is 210 Å². The summed E-state index contributed by atoms with van der Waals surface area (Å²) in [6, 6.07) is 33.7. The molecule has 6 nitrogen and oxygen atoms in total. The van der Waals surface area contributed by atoms with Crippen molar-refractivity contribution in [3.63, 3.8) is 0 Å². The van der Waals surface area contributed by atoms with E-state index in [1.165, 1.54) is 18.2 Å². The zero-order valence-electron chi connectivity index (χ0n) is 19.7. The number of phenolic OH excluding ortho intramolecular Hbond substituents is 1. The lowest BCUT2D eigenvalue weighted by Crippen LogP contribution is -2.24. The third-order valence-corrected chi connectivity index (χ3v) is 5.56. The molecule has 0 aliphatic rings. The fourth-order valence-electron chi connectivity index (χ4n) is 3.68. The molecule has 0 bridgehead atoms. The first kappa shape index (κ1) is 25.7. The van der Waals surface area contributed by atoms with Crippen molar-refractivity contribution in [3.8, 4) is 29.0 Å². The largest absolute Gasteiger partial charge is 0.506 e. The van der Waals surface area contributed by atoms with Gasteiger partial charge in [0.1, 0.15) is 11.8 Å². The Balaban J connectivity index is 0.000000253. The first-order valence-electron chi connectivity index (χ1n) is 11.2. The topological polar surface area (TPSA) is 117 Å². The van der Waals surface area contributed by atoms with Gasteiger partial charge in [0, 0.05) is 18.2 Å². The third-order valence-electron chi connectivity index (χ3n) is 5.56. The van der Waals surface area contributed by atoms with Gasteiger partial charge in [-0.25, -0.2) is 0 Å². The summed E-state index contributed by atoms with van der Waals surface area (Å²) in [6.45, 7) is 1.84. The Morgan fingerprint density at radius 3 is 2.19 bits per heavy atom. The lowest BCUT2D eigenvalue weighted by Gasteiger charge is -2.24. The van der Waals surface area contributed by atoms with Crippen LogP contribution in [0.4, 0.5) is 5.69 Å². The second-order valence-electron chi connectivity index (χ2n) is 8.31. The Hall–Kier alpha value is -4.91. The molecule has 4 aromatic carbocycles.